The molecule has 3 N–H and O–H groups in total. The van der Waals surface area contributed by atoms with E-state index >= 15 is 0 Å². The third kappa shape index (κ3) is 4.42. The number of piperidine rings is 1. The van der Waals surface area contributed by atoms with Crippen LogP contribution in [0, 0.1) is 5.92 Å². The van der Waals surface area contributed by atoms with Gasteiger partial charge in [-0.05, 0) is 32.9 Å². The highest BCUT2D eigenvalue weighted by Gasteiger charge is 2.36. The maximum Gasteiger partial charge on any atom is 0.328 e. The third-order valence-electron chi connectivity index (χ3n) is 4.43. The topological polar surface area (TPSA) is 99.8 Å². The number of piperazine rings is 1. The largest absolute Gasteiger partial charge is 0.467 e. The molecule has 2 fully saturated rings. The van der Waals surface area contributed by atoms with Gasteiger partial charge in [0.2, 0.25) is 11.8 Å². The van der Waals surface area contributed by atoms with E-state index in [0.29, 0.717) is 19.6 Å². The van der Waals surface area contributed by atoms with E-state index in [1.54, 1.807) is 11.8 Å². The summed E-state index contributed by atoms with van der Waals surface area (Å²) >= 11 is 0. The van der Waals surface area contributed by atoms with Gasteiger partial charge in [0.15, 0.2) is 0 Å². The second-order valence-electron chi connectivity index (χ2n) is 6.03. The summed E-state index contributed by atoms with van der Waals surface area (Å²) in [6.45, 7) is 4.81. The van der Waals surface area contributed by atoms with Gasteiger partial charge in [-0.3, -0.25) is 9.59 Å². The molecule has 8 nitrogen and oxygen atoms in total. The number of hydrogen-bond acceptors (Lipinski definition) is 6. The zero-order valence-electron chi connectivity index (χ0n) is 13.8. The van der Waals surface area contributed by atoms with Crippen molar-refractivity contribution < 1.29 is 19.1 Å². The first kappa shape index (κ1) is 17.7. The monoisotopic (exact) mass is 326 g/mol. The Bertz CT molecular complexity index is 451. The van der Waals surface area contributed by atoms with Crippen LogP contribution in [0.4, 0.5) is 0 Å². The number of amides is 2. The van der Waals surface area contributed by atoms with Gasteiger partial charge in [0.25, 0.3) is 0 Å². The van der Waals surface area contributed by atoms with Crippen LogP contribution in [0.5, 0.6) is 0 Å². The summed E-state index contributed by atoms with van der Waals surface area (Å²) in [5.74, 6) is -0.808. The Morgan fingerprint density at radius 1 is 1.17 bits per heavy atom. The van der Waals surface area contributed by atoms with Crippen LogP contribution < -0.4 is 16.0 Å². The molecule has 0 aromatic carbocycles. The zero-order valence-corrected chi connectivity index (χ0v) is 13.8. The van der Waals surface area contributed by atoms with Crippen LogP contribution in [0.1, 0.15) is 19.8 Å². The summed E-state index contributed by atoms with van der Waals surface area (Å²) in [5.41, 5.74) is 0. The molecule has 130 valence electrons. The van der Waals surface area contributed by atoms with Crippen molar-refractivity contribution in [3.05, 3.63) is 0 Å². The molecule has 2 rings (SSSR count). The first-order chi connectivity index (χ1) is 11.0. The van der Waals surface area contributed by atoms with E-state index < -0.39 is 18.1 Å². The SMILES string of the molecule is COC(=O)[C@@H](C)NC(=O)[C@@H]1CNCCN1C(=O)C1CCNCC1. The molecule has 2 saturated heterocycles. The van der Waals surface area contributed by atoms with E-state index in [4.69, 9.17) is 0 Å². The maximum atomic E-state index is 12.7. The van der Waals surface area contributed by atoms with Crippen molar-refractivity contribution in [3.63, 3.8) is 0 Å². The van der Waals surface area contributed by atoms with Crippen LogP contribution in [0.15, 0.2) is 0 Å². The minimum atomic E-state index is -0.731. The quantitative estimate of drug-likeness (QED) is 0.542. The Balaban J connectivity index is 2.00. The van der Waals surface area contributed by atoms with Gasteiger partial charge in [0.05, 0.1) is 7.11 Å². The molecule has 0 bridgehead atoms. The smallest absolute Gasteiger partial charge is 0.328 e. The molecule has 2 heterocycles. The Morgan fingerprint density at radius 2 is 1.87 bits per heavy atom. The number of carbonyl (C=O) groups excluding carboxylic acids is 3. The molecule has 0 aromatic heterocycles. The van der Waals surface area contributed by atoms with Crippen LogP contribution in [0.3, 0.4) is 0 Å². The van der Waals surface area contributed by atoms with Gasteiger partial charge >= 0.3 is 5.97 Å². The molecular formula is C15H26N4O4. The normalized spacial score (nSPS) is 23.9. The van der Waals surface area contributed by atoms with E-state index in [0.717, 1.165) is 25.9 Å². The fraction of sp³-hybridized carbons (Fsp3) is 0.800. The van der Waals surface area contributed by atoms with E-state index in [9.17, 15) is 14.4 Å². The van der Waals surface area contributed by atoms with Gasteiger partial charge in [-0.1, -0.05) is 0 Å². The van der Waals surface area contributed by atoms with Gasteiger partial charge in [0.1, 0.15) is 12.1 Å². The van der Waals surface area contributed by atoms with Gasteiger partial charge < -0.3 is 25.6 Å². The average molecular weight is 326 g/mol. The van der Waals surface area contributed by atoms with E-state index in [2.05, 4.69) is 20.7 Å². The van der Waals surface area contributed by atoms with Crippen molar-refractivity contribution in [2.75, 3.05) is 39.8 Å². The van der Waals surface area contributed by atoms with Crippen LogP contribution >= 0.6 is 0 Å². The lowest BCUT2D eigenvalue weighted by atomic mass is 9.95. The van der Waals surface area contributed by atoms with Gasteiger partial charge in [-0.25, -0.2) is 4.79 Å². The van der Waals surface area contributed by atoms with Crippen molar-refractivity contribution in [1.29, 1.82) is 0 Å². The molecule has 2 aliphatic heterocycles. The molecule has 0 radical (unpaired) electrons. The lowest BCUT2D eigenvalue weighted by Crippen LogP contribution is -2.62. The first-order valence-corrected chi connectivity index (χ1v) is 8.14. The summed E-state index contributed by atoms with van der Waals surface area (Å²) in [6.07, 6.45) is 1.60. The van der Waals surface area contributed by atoms with Crippen LogP contribution in [-0.2, 0) is 19.1 Å². The van der Waals surface area contributed by atoms with E-state index in [1.807, 2.05) is 0 Å². The van der Waals surface area contributed by atoms with Crippen molar-refractivity contribution in [2.45, 2.75) is 31.8 Å². The van der Waals surface area contributed by atoms with Crippen molar-refractivity contribution >= 4 is 17.8 Å². The number of rotatable bonds is 4. The van der Waals surface area contributed by atoms with Crippen LogP contribution in [0.25, 0.3) is 0 Å². The van der Waals surface area contributed by atoms with Gasteiger partial charge in [0, 0.05) is 25.6 Å². The fourth-order valence-corrected chi connectivity index (χ4v) is 3.05. The highest BCUT2D eigenvalue weighted by molar-refractivity contribution is 5.91. The van der Waals surface area contributed by atoms with Crippen molar-refractivity contribution in [3.8, 4) is 0 Å². The van der Waals surface area contributed by atoms with Crippen LogP contribution in [0.2, 0.25) is 0 Å². The highest BCUT2D eigenvalue weighted by Crippen LogP contribution is 2.18. The molecule has 2 aliphatic rings. The second kappa shape index (κ2) is 8.26. The molecule has 2 amide bonds. The molecule has 0 aliphatic carbocycles. The number of hydrogen-bond donors (Lipinski definition) is 3. The Morgan fingerprint density at radius 3 is 2.52 bits per heavy atom. The fourth-order valence-electron chi connectivity index (χ4n) is 3.05. The minimum absolute atomic E-state index is 0.0253. The van der Waals surface area contributed by atoms with E-state index in [1.165, 1.54) is 7.11 Å². The number of nitrogens with zero attached hydrogens (tertiary/aromatic N) is 1. The molecular weight excluding hydrogens is 300 g/mol. The van der Waals surface area contributed by atoms with Crippen LogP contribution in [-0.4, -0.2) is 74.6 Å². The summed E-state index contributed by atoms with van der Waals surface area (Å²) in [7, 11) is 1.28. The Kier molecular flexibility index (Phi) is 6.35. The highest BCUT2D eigenvalue weighted by atomic mass is 16.5. The molecule has 0 spiro atoms. The molecule has 23 heavy (non-hydrogen) atoms. The third-order valence-corrected chi connectivity index (χ3v) is 4.43. The van der Waals surface area contributed by atoms with E-state index in [-0.39, 0.29) is 17.7 Å². The summed E-state index contributed by atoms with van der Waals surface area (Å²) in [4.78, 5) is 38.3. The van der Waals surface area contributed by atoms with Crippen molar-refractivity contribution in [2.24, 2.45) is 5.92 Å². The molecule has 8 heteroatoms. The minimum Gasteiger partial charge on any atom is -0.467 e. The molecule has 0 unspecified atom stereocenters. The molecule has 2 atom stereocenters. The lowest BCUT2D eigenvalue weighted by Gasteiger charge is -2.38. The second-order valence-corrected chi connectivity index (χ2v) is 6.03. The lowest BCUT2D eigenvalue weighted by molar-refractivity contribution is -0.148. The number of nitrogens with one attached hydrogen (secondary N) is 3. The van der Waals surface area contributed by atoms with Crippen molar-refractivity contribution in [1.82, 2.24) is 20.9 Å². The Labute approximate surface area is 136 Å². The standard InChI is InChI=1S/C15H26N4O4/c1-10(15(22)23-2)18-13(20)12-9-17-7-8-19(12)14(21)11-3-5-16-6-4-11/h10-12,16-17H,3-9H2,1-2H3,(H,18,20)/t10-,12+/m1/s1. The van der Waals surface area contributed by atoms with Gasteiger partial charge in [-0.15, -0.1) is 0 Å². The summed E-state index contributed by atoms with van der Waals surface area (Å²) < 4.78 is 4.61. The maximum absolute atomic E-state index is 12.7. The van der Waals surface area contributed by atoms with Gasteiger partial charge in [-0.2, -0.15) is 0 Å². The predicted octanol–water partition coefficient (Wildman–Crippen LogP) is -1.54. The first-order valence-electron chi connectivity index (χ1n) is 8.14. The average Bonchev–Trinajstić information content (AvgIpc) is 2.60. The predicted molar refractivity (Wildman–Crippen MR) is 83.6 cm³/mol. The zero-order chi connectivity index (χ0) is 16.8. The molecule has 0 saturated carbocycles. The summed E-state index contributed by atoms with van der Waals surface area (Å²) in [5, 5.41) is 9.00. The number of methoxy groups -OCH3 is 1. The summed E-state index contributed by atoms with van der Waals surface area (Å²) in [6, 6.07) is -1.32. The number of esters is 1. The number of ether oxygens (including phenoxy) is 1. The molecule has 0 aromatic rings. The Hall–Kier alpha value is -1.67. The number of carbonyl (C=O) groups is 3.